The lowest BCUT2D eigenvalue weighted by Crippen LogP contribution is -2.17. The first-order valence-corrected chi connectivity index (χ1v) is 8.81. The lowest BCUT2D eigenvalue weighted by atomic mass is 10.0. The quantitative estimate of drug-likeness (QED) is 0.309. The van der Waals surface area contributed by atoms with Crippen molar-refractivity contribution in [3.8, 4) is 16.9 Å². The SMILES string of the molecule is CNC(=N)c1ccc(-c2ccc(OCCCCCC(=O)OC)cc2)cc1. The van der Waals surface area contributed by atoms with Crippen LogP contribution in [0.4, 0.5) is 0 Å². The molecule has 0 heterocycles. The maximum atomic E-state index is 11.0. The first-order valence-electron chi connectivity index (χ1n) is 8.81. The van der Waals surface area contributed by atoms with E-state index in [4.69, 9.17) is 10.1 Å². The number of nitrogens with one attached hydrogen (secondary N) is 2. The molecule has 0 aliphatic carbocycles. The monoisotopic (exact) mass is 354 g/mol. The zero-order valence-electron chi connectivity index (χ0n) is 15.4. The standard InChI is InChI=1S/C21H26N2O3/c1-23-21(22)18-9-7-16(8-10-18)17-11-13-19(14-12-17)26-15-5-3-4-6-20(24)25-2/h7-14H,3-6,15H2,1-2H3,(H2,22,23). The third-order valence-electron chi connectivity index (χ3n) is 4.13. The van der Waals surface area contributed by atoms with Crippen molar-refractivity contribution in [2.75, 3.05) is 20.8 Å². The van der Waals surface area contributed by atoms with Crippen molar-refractivity contribution in [1.82, 2.24) is 5.32 Å². The number of hydrogen-bond donors (Lipinski definition) is 2. The van der Waals surface area contributed by atoms with Gasteiger partial charge in [0.2, 0.25) is 0 Å². The van der Waals surface area contributed by atoms with E-state index in [1.807, 2.05) is 48.5 Å². The van der Waals surface area contributed by atoms with Crippen LogP contribution in [0.1, 0.15) is 31.2 Å². The fourth-order valence-electron chi connectivity index (χ4n) is 2.56. The first kappa shape index (κ1) is 19.5. The van der Waals surface area contributed by atoms with Crippen LogP contribution in [0.2, 0.25) is 0 Å². The number of carbonyl (C=O) groups excluding carboxylic acids is 1. The fraction of sp³-hybridized carbons (Fsp3) is 0.333. The van der Waals surface area contributed by atoms with E-state index in [0.29, 0.717) is 18.9 Å². The molecule has 5 nitrogen and oxygen atoms in total. The molecule has 0 radical (unpaired) electrons. The topological polar surface area (TPSA) is 71.4 Å². The van der Waals surface area contributed by atoms with E-state index in [2.05, 4.69) is 10.1 Å². The highest BCUT2D eigenvalue weighted by atomic mass is 16.5. The van der Waals surface area contributed by atoms with Gasteiger partial charge in [-0.1, -0.05) is 36.4 Å². The van der Waals surface area contributed by atoms with Crippen molar-refractivity contribution in [3.05, 3.63) is 54.1 Å². The Bertz CT molecular complexity index is 709. The number of amidine groups is 1. The summed E-state index contributed by atoms with van der Waals surface area (Å²) in [6, 6.07) is 15.9. The normalized spacial score (nSPS) is 10.2. The van der Waals surface area contributed by atoms with Crippen molar-refractivity contribution >= 4 is 11.8 Å². The molecule has 138 valence electrons. The van der Waals surface area contributed by atoms with Crippen LogP contribution in [-0.4, -0.2) is 32.6 Å². The lowest BCUT2D eigenvalue weighted by molar-refractivity contribution is -0.140. The van der Waals surface area contributed by atoms with Gasteiger partial charge in [-0.05, 0) is 42.5 Å². The number of methoxy groups -OCH3 is 1. The van der Waals surface area contributed by atoms with Gasteiger partial charge < -0.3 is 14.8 Å². The van der Waals surface area contributed by atoms with E-state index in [1.165, 1.54) is 7.11 Å². The predicted molar refractivity (Wildman–Crippen MR) is 104 cm³/mol. The van der Waals surface area contributed by atoms with Gasteiger partial charge in [0, 0.05) is 19.0 Å². The Morgan fingerprint density at radius 1 is 0.962 bits per heavy atom. The number of benzene rings is 2. The zero-order valence-corrected chi connectivity index (χ0v) is 15.4. The van der Waals surface area contributed by atoms with Gasteiger partial charge in [0.05, 0.1) is 13.7 Å². The minimum atomic E-state index is -0.155. The predicted octanol–water partition coefficient (Wildman–Crippen LogP) is 4.01. The first-order chi connectivity index (χ1) is 12.6. The maximum absolute atomic E-state index is 11.0. The highest BCUT2D eigenvalue weighted by Crippen LogP contribution is 2.23. The van der Waals surface area contributed by atoms with Crippen molar-refractivity contribution < 1.29 is 14.3 Å². The highest BCUT2D eigenvalue weighted by molar-refractivity contribution is 5.96. The van der Waals surface area contributed by atoms with Gasteiger partial charge in [-0.2, -0.15) is 0 Å². The number of unbranched alkanes of at least 4 members (excludes halogenated alkanes) is 2. The van der Waals surface area contributed by atoms with Crippen LogP contribution in [-0.2, 0) is 9.53 Å². The molecule has 0 amide bonds. The van der Waals surface area contributed by atoms with Crippen LogP contribution in [0, 0.1) is 5.41 Å². The highest BCUT2D eigenvalue weighted by Gasteiger charge is 2.03. The molecule has 0 fully saturated rings. The third-order valence-corrected chi connectivity index (χ3v) is 4.13. The van der Waals surface area contributed by atoms with Gasteiger partial charge in [0.25, 0.3) is 0 Å². The van der Waals surface area contributed by atoms with E-state index in [1.54, 1.807) is 7.05 Å². The molecular formula is C21H26N2O3. The van der Waals surface area contributed by atoms with E-state index in [-0.39, 0.29) is 5.97 Å². The van der Waals surface area contributed by atoms with Crippen LogP contribution in [0.5, 0.6) is 5.75 Å². The van der Waals surface area contributed by atoms with Crippen molar-refractivity contribution in [2.45, 2.75) is 25.7 Å². The Kier molecular flexibility index (Phi) is 7.68. The van der Waals surface area contributed by atoms with E-state index >= 15 is 0 Å². The number of ether oxygens (including phenoxy) is 2. The average molecular weight is 354 g/mol. The smallest absolute Gasteiger partial charge is 0.305 e. The molecule has 0 aromatic heterocycles. The molecule has 2 rings (SSSR count). The molecule has 0 saturated carbocycles. The molecule has 5 heteroatoms. The number of rotatable bonds is 9. The molecule has 26 heavy (non-hydrogen) atoms. The van der Waals surface area contributed by atoms with Gasteiger partial charge in [-0.25, -0.2) is 0 Å². The summed E-state index contributed by atoms with van der Waals surface area (Å²) >= 11 is 0. The molecule has 0 aliphatic rings. The van der Waals surface area contributed by atoms with Gasteiger partial charge in [-0.3, -0.25) is 10.2 Å². The Hall–Kier alpha value is -2.82. The third kappa shape index (κ3) is 5.92. The average Bonchev–Trinajstić information content (AvgIpc) is 2.70. The molecule has 2 aromatic carbocycles. The molecular weight excluding hydrogens is 328 g/mol. The zero-order chi connectivity index (χ0) is 18.8. The summed E-state index contributed by atoms with van der Waals surface area (Å²) in [4.78, 5) is 11.0. The van der Waals surface area contributed by atoms with Crippen molar-refractivity contribution in [3.63, 3.8) is 0 Å². The minimum Gasteiger partial charge on any atom is -0.494 e. The molecule has 0 spiro atoms. The molecule has 0 bridgehead atoms. The lowest BCUT2D eigenvalue weighted by Gasteiger charge is -2.08. The largest absolute Gasteiger partial charge is 0.494 e. The summed E-state index contributed by atoms with van der Waals surface area (Å²) in [6.07, 6.45) is 3.16. The number of hydrogen-bond acceptors (Lipinski definition) is 4. The molecule has 0 unspecified atom stereocenters. The second kappa shape index (κ2) is 10.2. The second-order valence-electron chi connectivity index (χ2n) is 5.96. The summed E-state index contributed by atoms with van der Waals surface area (Å²) < 4.78 is 10.4. The molecule has 0 aliphatic heterocycles. The van der Waals surface area contributed by atoms with Gasteiger partial charge in [0.15, 0.2) is 0 Å². The summed E-state index contributed by atoms with van der Waals surface area (Å²) in [7, 11) is 3.16. The van der Waals surface area contributed by atoms with Crippen LogP contribution < -0.4 is 10.1 Å². The number of esters is 1. The summed E-state index contributed by atoms with van der Waals surface area (Å²) in [5, 5.41) is 10.6. The van der Waals surface area contributed by atoms with Crippen LogP contribution in [0.25, 0.3) is 11.1 Å². The Labute approximate surface area is 154 Å². The van der Waals surface area contributed by atoms with Gasteiger partial charge in [0.1, 0.15) is 11.6 Å². The second-order valence-corrected chi connectivity index (χ2v) is 5.96. The minimum absolute atomic E-state index is 0.155. The Morgan fingerprint density at radius 3 is 2.15 bits per heavy atom. The van der Waals surface area contributed by atoms with Gasteiger partial charge in [-0.15, -0.1) is 0 Å². The van der Waals surface area contributed by atoms with Crippen LogP contribution >= 0.6 is 0 Å². The van der Waals surface area contributed by atoms with E-state index < -0.39 is 0 Å². The Balaban J connectivity index is 1.79. The van der Waals surface area contributed by atoms with Crippen molar-refractivity contribution in [2.24, 2.45) is 0 Å². The van der Waals surface area contributed by atoms with Crippen LogP contribution in [0.3, 0.4) is 0 Å². The summed E-state index contributed by atoms with van der Waals surface area (Å²) in [6.45, 7) is 0.640. The Morgan fingerprint density at radius 2 is 1.58 bits per heavy atom. The van der Waals surface area contributed by atoms with Crippen LogP contribution in [0.15, 0.2) is 48.5 Å². The molecule has 2 N–H and O–H groups in total. The maximum Gasteiger partial charge on any atom is 0.305 e. The number of carbonyl (C=O) groups is 1. The molecule has 0 atom stereocenters. The van der Waals surface area contributed by atoms with Gasteiger partial charge >= 0.3 is 5.97 Å². The van der Waals surface area contributed by atoms with E-state index in [0.717, 1.165) is 41.7 Å². The fourth-order valence-corrected chi connectivity index (χ4v) is 2.56. The summed E-state index contributed by atoms with van der Waals surface area (Å²) in [5.41, 5.74) is 3.08. The molecule has 2 aromatic rings. The van der Waals surface area contributed by atoms with Crippen molar-refractivity contribution in [1.29, 1.82) is 5.41 Å². The molecule has 0 saturated heterocycles. The summed E-state index contributed by atoms with van der Waals surface area (Å²) in [5.74, 6) is 1.10. The van der Waals surface area contributed by atoms with E-state index in [9.17, 15) is 4.79 Å².